The fraction of sp³-hybridized carbons (Fsp3) is 0.462. The predicted molar refractivity (Wildman–Crippen MR) is 74.9 cm³/mol. The van der Waals surface area contributed by atoms with E-state index in [1.165, 1.54) is 5.56 Å². The second-order valence-corrected chi connectivity index (χ2v) is 6.49. The van der Waals surface area contributed by atoms with Gasteiger partial charge in [-0.3, -0.25) is 4.98 Å². The summed E-state index contributed by atoms with van der Waals surface area (Å²) in [6.45, 7) is 9.25. The van der Waals surface area contributed by atoms with E-state index in [1.54, 1.807) is 11.3 Å². The van der Waals surface area contributed by atoms with Gasteiger partial charge >= 0.3 is 0 Å². The van der Waals surface area contributed by atoms with Gasteiger partial charge in [0.25, 0.3) is 0 Å². The van der Waals surface area contributed by atoms with Crippen LogP contribution in [0.3, 0.4) is 0 Å². The van der Waals surface area contributed by atoms with E-state index < -0.39 is 0 Å². The van der Waals surface area contributed by atoms with Gasteiger partial charge in [-0.2, -0.15) is 0 Å². The van der Waals surface area contributed by atoms with Crippen molar-refractivity contribution in [3.8, 4) is 0 Å². The molecule has 1 N–H and O–H groups in total. The molecule has 0 aliphatic heterocycles. The normalized spacial score (nSPS) is 11.6. The predicted octanol–water partition coefficient (Wildman–Crippen LogP) is 3.15. The van der Waals surface area contributed by atoms with Gasteiger partial charge in [-0.25, -0.2) is 0 Å². The first kappa shape index (κ1) is 13.0. The molecule has 4 nitrogen and oxygen atoms in total. The van der Waals surface area contributed by atoms with Crippen LogP contribution in [0.4, 0.5) is 5.13 Å². The van der Waals surface area contributed by atoms with Crippen molar-refractivity contribution < 1.29 is 0 Å². The van der Waals surface area contributed by atoms with Gasteiger partial charge in [-0.1, -0.05) is 38.2 Å². The smallest absolute Gasteiger partial charge is 0.205 e. The quantitative estimate of drug-likeness (QED) is 0.923. The first-order valence-corrected chi connectivity index (χ1v) is 6.75. The van der Waals surface area contributed by atoms with Gasteiger partial charge in [0.1, 0.15) is 5.01 Å². The maximum absolute atomic E-state index is 4.30. The van der Waals surface area contributed by atoms with Crippen LogP contribution in [-0.4, -0.2) is 15.2 Å². The second kappa shape index (κ2) is 5.02. The third-order valence-corrected chi connectivity index (χ3v) is 3.43. The van der Waals surface area contributed by atoms with Gasteiger partial charge in [0.2, 0.25) is 5.13 Å². The summed E-state index contributed by atoms with van der Waals surface area (Å²) in [4.78, 5) is 4.30. The van der Waals surface area contributed by atoms with Crippen LogP contribution in [0, 0.1) is 6.92 Å². The molecule has 5 heteroatoms. The van der Waals surface area contributed by atoms with Crippen LogP contribution >= 0.6 is 11.3 Å². The van der Waals surface area contributed by atoms with Crippen molar-refractivity contribution in [2.45, 2.75) is 39.7 Å². The van der Waals surface area contributed by atoms with Crippen molar-refractivity contribution in [3.63, 3.8) is 0 Å². The lowest BCUT2D eigenvalue weighted by Gasteiger charge is -2.19. The van der Waals surface area contributed by atoms with E-state index in [0.717, 1.165) is 22.2 Å². The highest BCUT2D eigenvalue weighted by atomic mass is 32.1. The van der Waals surface area contributed by atoms with Crippen molar-refractivity contribution >= 4 is 16.5 Å². The summed E-state index contributed by atoms with van der Waals surface area (Å²) < 4.78 is 0. The molecule has 0 bridgehead atoms. The zero-order chi connectivity index (χ0) is 13.2. The fourth-order valence-corrected chi connectivity index (χ4v) is 2.13. The van der Waals surface area contributed by atoms with Crippen molar-refractivity contribution in [2.24, 2.45) is 0 Å². The Morgan fingerprint density at radius 3 is 2.61 bits per heavy atom. The summed E-state index contributed by atoms with van der Waals surface area (Å²) in [6.07, 6.45) is 3.81. The lowest BCUT2D eigenvalue weighted by molar-refractivity contribution is 0.586. The zero-order valence-corrected chi connectivity index (χ0v) is 12.0. The number of pyridine rings is 1. The highest BCUT2D eigenvalue weighted by molar-refractivity contribution is 7.15. The van der Waals surface area contributed by atoms with E-state index in [0.29, 0.717) is 0 Å². The molecule has 0 radical (unpaired) electrons. The highest BCUT2D eigenvalue weighted by Crippen LogP contribution is 2.22. The first-order chi connectivity index (χ1) is 8.45. The molecule has 0 amide bonds. The number of aromatic nitrogens is 3. The lowest BCUT2D eigenvalue weighted by atomic mass is 9.88. The summed E-state index contributed by atoms with van der Waals surface area (Å²) >= 11 is 1.56. The molecule has 18 heavy (non-hydrogen) atoms. The number of anilines is 1. The molecule has 0 saturated heterocycles. The maximum atomic E-state index is 4.30. The molecule has 2 aromatic heterocycles. The van der Waals surface area contributed by atoms with Crippen molar-refractivity contribution in [2.75, 3.05) is 5.32 Å². The molecular formula is C13H18N4S. The molecule has 2 rings (SSSR count). The van der Waals surface area contributed by atoms with E-state index in [4.69, 9.17) is 0 Å². The molecule has 0 aromatic carbocycles. The summed E-state index contributed by atoms with van der Waals surface area (Å²) in [7, 11) is 0. The second-order valence-electron chi connectivity index (χ2n) is 5.31. The molecule has 96 valence electrons. The summed E-state index contributed by atoms with van der Waals surface area (Å²) in [5.74, 6) is 0. The SMILES string of the molecule is Cc1nnc(NCc2cncc(C(C)(C)C)c2)s1. The van der Waals surface area contributed by atoms with E-state index in [2.05, 4.69) is 47.3 Å². The number of aryl methyl sites for hydroxylation is 1. The van der Waals surface area contributed by atoms with Crippen LogP contribution in [0.5, 0.6) is 0 Å². The Morgan fingerprint density at radius 1 is 1.22 bits per heavy atom. The van der Waals surface area contributed by atoms with E-state index in [-0.39, 0.29) is 5.41 Å². The van der Waals surface area contributed by atoms with Gasteiger partial charge in [0.05, 0.1) is 0 Å². The van der Waals surface area contributed by atoms with Crippen LogP contribution < -0.4 is 5.32 Å². The highest BCUT2D eigenvalue weighted by Gasteiger charge is 2.14. The Hall–Kier alpha value is -1.49. The van der Waals surface area contributed by atoms with Crippen molar-refractivity contribution in [1.82, 2.24) is 15.2 Å². The molecule has 2 aromatic rings. The van der Waals surface area contributed by atoms with E-state index >= 15 is 0 Å². The topological polar surface area (TPSA) is 50.7 Å². The minimum Gasteiger partial charge on any atom is -0.356 e. The monoisotopic (exact) mass is 262 g/mol. The Morgan fingerprint density at radius 2 is 2.00 bits per heavy atom. The van der Waals surface area contributed by atoms with Crippen LogP contribution in [0.2, 0.25) is 0 Å². The molecule has 0 aliphatic carbocycles. The van der Waals surface area contributed by atoms with Gasteiger partial charge in [-0.05, 0) is 23.5 Å². The summed E-state index contributed by atoms with van der Waals surface area (Å²) in [6, 6.07) is 2.19. The van der Waals surface area contributed by atoms with Crippen molar-refractivity contribution in [3.05, 3.63) is 34.6 Å². The van der Waals surface area contributed by atoms with Gasteiger partial charge in [-0.15, -0.1) is 10.2 Å². The van der Waals surface area contributed by atoms with Crippen LogP contribution in [0.15, 0.2) is 18.5 Å². The Labute approximate surface area is 111 Å². The number of nitrogens with one attached hydrogen (secondary N) is 1. The Kier molecular flexibility index (Phi) is 3.61. The molecule has 0 unspecified atom stereocenters. The largest absolute Gasteiger partial charge is 0.356 e. The minimum atomic E-state index is 0.127. The molecule has 0 aliphatic rings. The minimum absolute atomic E-state index is 0.127. The third kappa shape index (κ3) is 3.26. The van der Waals surface area contributed by atoms with Gasteiger partial charge in [0.15, 0.2) is 0 Å². The Bertz CT molecular complexity index is 528. The van der Waals surface area contributed by atoms with E-state index in [9.17, 15) is 0 Å². The molecule has 0 fully saturated rings. The average Bonchev–Trinajstić information content (AvgIpc) is 2.72. The molecule has 2 heterocycles. The molecule has 0 atom stereocenters. The lowest BCUT2D eigenvalue weighted by Crippen LogP contribution is -2.12. The fourth-order valence-electron chi connectivity index (χ4n) is 1.54. The Balaban J connectivity index is 2.06. The molecule has 0 saturated carbocycles. The summed E-state index contributed by atoms with van der Waals surface area (Å²) in [5, 5.41) is 13.1. The number of rotatable bonds is 3. The molecule has 0 spiro atoms. The van der Waals surface area contributed by atoms with Crippen molar-refractivity contribution in [1.29, 1.82) is 0 Å². The number of nitrogens with zero attached hydrogens (tertiary/aromatic N) is 3. The number of hydrogen-bond acceptors (Lipinski definition) is 5. The van der Waals surface area contributed by atoms with Crippen LogP contribution in [0.25, 0.3) is 0 Å². The third-order valence-electron chi connectivity index (χ3n) is 2.63. The average molecular weight is 262 g/mol. The van der Waals surface area contributed by atoms with E-state index in [1.807, 2.05) is 19.3 Å². The molecular weight excluding hydrogens is 244 g/mol. The summed E-state index contributed by atoms with van der Waals surface area (Å²) in [5.41, 5.74) is 2.54. The van der Waals surface area contributed by atoms with Gasteiger partial charge in [0, 0.05) is 18.9 Å². The maximum Gasteiger partial charge on any atom is 0.205 e. The van der Waals surface area contributed by atoms with Crippen LogP contribution in [-0.2, 0) is 12.0 Å². The first-order valence-electron chi connectivity index (χ1n) is 5.93. The zero-order valence-electron chi connectivity index (χ0n) is 11.2. The number of hydrogen-bond donors (Lipinski definition) is 1. The van der Waals surface area contributed by atoms with Gasteiger partial charge < -0.3 is 5.32 Å². The van der Waals surface area contributed by atoms with Crippen LogP contribution in [0.1, 0.15) is 36.9 Å². The standard InChI is InChI=1S/C13H18N4S/c1-9-16-17-12(18-9)15-7-10-5-11(8-14-6-10)13(2,3)4/h5-6,8H,7H2,1-4H3,(H,15,17).